The molecule has 1 N–H and O–H groups in total. The summed E-state index contributed by atoms with van der Waals surface area (Å²) in [6, 6.07) is 0. The maximum Gasteiger partial charge on any atom is 0.347 e. The van der Waals surface area contributed by atoms with Gasteiger partial charge in [0, 0.05) is 5.92 Å². The number of carboxylic acid groups (broad SMARTS) is 1. The van der Waals surface area contributed by atoms with Crippen LogP contribution in [0.25, 0.3) is 0 Å². The molecule has 0 aromatic carbocycles. The summed E-state index contributed by atoms with van der Waals surface area (Å²) in [4.78, 5) is 16.6. The molecular weight excluding hydrogens is 282 g/mol. The van der Waals surface area contributed by atoms with Gasteiger partial charge in [0.05, 0.1) is 10.7 Å². The van der Waals surface area contributed by atoms with Crippen molar-refractivity contribution in [1.82, 2.24) is 4.98 Å². The van der Waals surface area contributed by atoms with E-state index in [1.165, 1.54) is 24.2 Å². The molecule has 0 atom stereocenters. The van der Waals surface area contributed by atoms with E-state index in [4.69, 9.17) is 4.98 Å². The fraction of sp³-hybridized carbons (Fsp3) is 0.765. The van der Waals surface area contributed by atoms with Gasteiger partial charge in [0.15, 0.2) is 0 Å². The van der Waals surface area contributed by atoms with Crippen LogP contribution in [0.5, 0.6) is 0 Å². The lowest BCUT2D eigenvalue weighted by atomic mass is 9.77. The van der Waals surface area contributed by atoms with E-state index in [9.17, 15) is 9.90 Å². The SMILES string of the molecule is CC(C)Cc1nc(C2CCC(C(C)C)CC2)sc1C(=O)O. The van der Waals surface area contributed by atoms with Gasteiger partial charge in [0.25, 0.3) is 0 Å². The first-order valence-corrected chi connectivity index (χ1v) is 8.93. The van der Waals surface area contributed by atoms with Gasteiger partial charge in [0.1, 0.15) is 4.88 Å². The third-order valence-corrected chi connectivity index (χ3v) is 5.82. The van der Waals surface area contributed by atoms with Gasteiger partial charge in [-0.15, -0.1) is 11.3 Å². The molecule has 0 bridgehead atoms. The van der Waals surface area contributed by atoms with Crippen molar-refractivity contribution < 1.29 is 9.90 Å². The van der Waals surface area contributed by atoms with E-state index in [1.54, 1.807) is 0 Å². The number of aromatic carboxylic acids is 1. The maximum absolute atomic E-state index is 11.4. The van der Waals surface area contributed by atoms with Gasteiger partial charge < -0.3 is 5.11 Å². The second-order valence-electron chi connectivity index (χ2n) is 7.09. The molecule has 1 aliphatic rings. The number of carboxylic acids is 1. The average Bonchev–Trinajstić information content (AvgIpc) is 2.82. The smallest absolute Gasteiger partial charge is 0.347 e. The van der Waals surface area contributed by atoms with E-state index in [2.05, 4.69) is 27.7 Å². The Morgan fingerprint density at radius 1 is 1.24 bits per heavy atom. The minimum Gasteiger partial charge on any atom is -0.477 e. The van der Waals surface area contributed by atoms with Crippen molar-refractivity contribution in [2.45, 2.75) is 65.7 Å². The zero-order valence-corrected chi connectivity index (χ0v) is 14.4. The van der Waals surface area contributed by atoms with Crippen LogP contribution in [0, 0.1) is 17.8 Å². The molecule has 3 nitrogen and oxygen atoms in total. The number of hydrogen-bond acceptors (Lipinski definition) is 3. The Balaban J connectivity index is 2.12. The second kappa shape index (κ2) is 6.91. The third-order valence-electron chi connectivity index (χ3n) is 4.57. The van der Waals surface area contributed by atoms with Crippen LogP contribution >= 0.6 is 11.3 Å². The molecule has 1 aliphatic carbocycles. The first-order chi connectivity index (χ1) is 9.88. The molecule has 4 heteroatoms. The van der Waals surface area contributed by atoms with Crippen molar-refractivity contribution in [2.75, 3.05) is 0 Å². The highest BCUT2D eigenvalue weighted by Crippen LogP contribution is 2.40. The van der Waals surface area contributed by atoms with Crippen LogP contribution in [0.2, 0.25) is 0 Å². The summed E-state index contributed by atoms with van der Waals surface area (Å²) in [6.45, 7) is 8.83. The lowest BCUT2D eigenvalue weighted by Crippen LogP contribution is -2.17. The number of carbonyl (C=O) groups is 1. The zero-order chi connectivity index (χ0) is 15.6. The molecule has 1 fully saturated rings. The number of nitrogens with zero attached hydrogens (tertiary/aromatic N) is 1. The average molecular weight is 309 g/mol. The number of hydrogen-bond donors (Lipinski definition) is 1. The number of thiazole rings is 1. The van der Waals surface area contributed by atoms with E-state index in [1.807, 2.05) is 0 Å². The minimum absolute atomic E-state index is 0.440. The van der Waals surface area contributed by atoms with Crippen LogP contribution in [0.1, 0.15) is 79.7 Å². The van der Waals surface area contributed by atoms with E-state index in [-0.39, 0.29) is 0 Å². The highest BCUT2D eigenvalue weighted by atomic mass is 32.1. The topological polar surface area (TPSA) is 50.2 Å². The summed E-state index contributed by atoms with van der Waals surface area (Å²) in [6.07, 6.45) is 5.60. The van der Waals surface area contributed by atoms with Gasteiger partial charge in [-0.25, -0.2) is 9.78 Å². The molecule has 1 aromatic rings. The van der Waals surface area contributed by atoms with Crippen LogP contribution in [-0.2, 0) is 6.42 Å². The quantitative estimate of drug-likeness (QED) is 0.835. The first kappa shape index (κ1) is 16.5. The van der Waals surface area contributed by atoms with Gasteiger partial charge in [0.2, 0.25) is 0 Å². The van der Waals surface area contributed by atoms with Crippen LogP contribution in [0.4, 0.5) is 0 Å². The van der Waals surface area contributed by atoms with Crippen molar-refractivity contribution in [3.63, 3.8) is 0 Å². The van der Waals surface area contributed by atoms with Gasteiger partial charge in [-0.2, -0.15) is 0 Å². The summed E-state index contributed by atoms with van der Waals surface area (Å²) in [5.41, 5.74) is 0.795. The zero-order valence-electron chi connectivity index (χ0n) is 13.6. The molecule has 118 valence electrons. The Morgan fingerprint density at radius 2 is 1.86 bits per heavy atom. The van der Waals surface area contributed by atoms with Crippen molar-refractivity contribution in [2.24, 2.45) is 17.8 Å². The van der Waals surface area contributed by atoms with Crippen LogP contribution in [-0.4, -0.2) is 16.1 Å². The predicted molar refractivity (Wildman–Crippen MR) is 87.2 cm³/mol. The Morgan fingerprint density at radius 3 is 2.33 bits per heavy atom. The van der Waals surface area contributed by atoms with Crippen molar-refractivity contribution in [3.8, 4) is 0 Å². The molecule has 21 heavy (non-hydrogen) atoms. The summed E-state index contributed by atoms with van der Waals surface area (Å²) >= 11 is 1.42. The molecule has 0 amide bonds. The Kier molecular flexibility index (Phi) is 5.42. The molecular formula is C17H27NO2S. The molecule has 0 radical (unpaired) electrons. The summed E-state index contributed by atoms with van der Waals surface area (Å²) < 4.78 is 0. The lowest BCUT2D eigenvalue weighted by Gasteiger charge is -2.29. The third kappa shape index (κ3) is 4.06. The number of rotatable bonds is 5. The molecule has 0 spiro atoms. The molecule has 1 heterocycles. The van der Waals surface area contributed by atoms with Gasteiger partial charge >= 0.3 is 5.97 Å². The van der Waals surface area contributed by atoms with E-state index in [0.29, 0.717) is 16.7 Å². The highest BCUT2D eigenvalue weighted by Gasteiger charge is 2.28. The van der Waals surface area contributed by atoms with Crippen molar-refractivity contribution >= 4 is 17.3 Å². The van der Waals surface area contributed by atoms with Crippen LogP contribution < -0.4 is 0 Å². The first-order valence-electron chi connectivity index (χ1n) is 8.11. The van der Waals surface area contributed by atoms with Gasteiger partial charge in [-0.3, -0.25) is 0 Å². The molecule has 1 saturated carbocycles. The lowest BCUT2D eigenvalue weighted by molar-refractivity contribution is 0.0700. The van der Waals surface area contributed by atoms with Gasteiger partial charge in [-0.05, 0) is 49.9 Å². The van der Waals surface area contributed by atoms with Crippen LogP contribution in [0.3, 0.4) is 0 Å². The van der Waals surface area contributed by atoms with Gasteiger partial charge in [-0.1, -0.05) is 27.7 Å². The monoisotopic (exact) mass is 309 g/mol. The van der Waals surface area contributed by atoms with Crippen LogP contribution in [0.15, 0.2) is 0 Å². The Bertz CT molecular complexity index is 485. The van der Waals surface area contributed by atoms with Crippen molar-refractivity contribution in [3.05, 3.63) is 15.6 Å². The highest BCUT2D eigenvalue weighted by molar-refractivity contribution is 7.13. The maximum atomic E-state index is 11.4. The molecule has 0 aliphatic heterocycles. The van der Waals surface area contributed by atoms with E-state index >= 15 is 0 Å². The minimum atomic E-state index is -0.815. The van der Waals surface area contributed by atoms with Crippen molar-refractivity contribution in [1.29, 1.82) is 0 Å². The molecule has 2 rings (SSSR count). The Labute approximate surface area is 131 Å². The standard InChI is InChI=1S/C17H27NO2S/c1-10(2)9-14-15(17(19)20)21-16(18-14)13-7-5-12(6-8-13)11(3)4/h10-13H,5-9H2,1-4H3,(H,19,20). The molecule has 1 aromatic heterocycles. The summed E-state index contributed by atoms with van der Waals surface area (Å²) in [5, 5.41) is 10.4. The van der Waals surface area contributed by atoms with E-state index in [0.717, 1.165) is 41.8 Å². The fourth-order valence-corrected chi connectivity index (χ4v) is 4.37. The summed E-state index contributed by atoms with van der Waals surface area (Å²) in [5.74, 6) is 1.69. The predicted octanol–water partition coefficient (Wildman–Crippen LogP) is 4.97. The normalized spacial score (nSPS) is 23.0. The van der Waals surface area contributed by atoms with E-state index < -0.39 is 5.97 Å². The second-order valence-corrected chi connectivity index (χ2v) is 8.12. The number of aromatic nitrogens is 1. The summed E-state index contributed by atoms with van der Waals surface area (Å²) in [7, 11) is 0. The molecule has 0 saturated heterocycles. The largest absolute Gasteiger partial charge is 0.477 e. The molecule has 0 unspecified atom stereocenters. The Hall–Kier alpha value is -0.900. The fourth-order valence-electron chi connectivity index (χ4n) is 3.27.